The lowest BCUT2D eigenvalue weighted by atomic mass is 10.2. The van der Waals surface area contributed by atoms with Gasteiger partial charge >= 0.3 is 12.0 Å². The SMILES string of the molecule is COC(=O)c1ccc(Cl)cc1NC(=O)NCCCn1c(-c2ccncc2)nc2cccnc21. The summed E-state index contributed by atoms with van der Waals surface area (Å²) in [6.45, 7) is 0.984. The van der Waals surface area contributed by atoms with Crippen molar-refractivity contribution in [3.8, 4) is 11.4 Å². The summed E-state index contributed by atoms with van der Waals surface area (Å²) in [5.74, 6) is 0.224. The summed E-state index contributed by atoms with van der Waals surface area (Å²) in [4.78, 5) is 37.6. The van der Waals surface area contributed by atoms with Gasteiger partial charge < -0.3 is 19.9 Å². The number of methoxy groups -OCH3 is 1. The Morgan fingerprint density at radius 1 is 1.12 bits per heavy atom. The lowest BCUT2D eigenvalue weighted by molar-refractivity contribution is 0.0602. The number of amides is 2. The van der Waals surface area contributed by atoms with Gasteiger partial charge in [-0.05, 0) is 48.9 Å². The number of ether oxygens (including phenoxy) is 1. The number of urea groups is 1. The molecular weight excluding hydrogens is 444 g/mol. The third-order valence-electron chi connectivity index (χ3n) is 4.92. The molecule has 4 aromatic rings. The van der Waals surface area contributed by atoms with Gasteiger partial charge in [0.15, 0.2) is 5.65 Å². The third kappa shape index (κ3) is 5.09. The number of halogens is 1. The molecule has 10 heteroatoms. The number of hydrogen-bond acceptors (Lipinski definition) is 6. The first-order valence-electron chi connectivity index (χ1n) is 10.2. The molecule has 0 aliphatic carbocycles. The fourth-order valence-corrected chi connectivity index (χ4v) is 3.58. The second kappa shape index (κ2) is 10.1. The Bertz CT molecular complexity index is 1290. The lowest BCUT2D eigenvalue weighted by Crippen LogP contribution is -2.30. The molecule has 0 aliphatic rings. The number of fused-ring (bicyclic) bond motifs is 1. The second-order valence-electron chi connectivity index (χ2n) is 7.09. The molecule has 33 heavy (non-hydrogen) atoms. The van der Waals surface area contributed by atoms with Gasteiger partial charge in [0.05, 0.1) is 18.4 Å². The van der Waals surface area contributed by atoms with Crippen LogP contribution in [0.5, 0.6) is 0 Å². The van der Waals surface area contributed by atoms with E-state index in [0.717, 1.165) is 22.6 Å². The summed E-state index contributed by atoms with van der Waals surface area (Å²) in [6.07, 6.45) is 5.80. The minimum absolute atomic E-state index is 0.218. The van der Waals surface area contributed by atoms with Gasteiger partial charge in [-0.1, -0.05) is 11.6 Å². The van der Waals surface area contributed by atoms with Crippen LogP contribution in [-0.2, 0) is 11.3 Å². The summed E-state index contributed by atoms with van der Waals surface area (Å²) in [5.41, 5.74) is 3.00. The smallest absolute Gasteiger partial charge is 0.339 e. The zero-order valence-electron chi connectivity index (χ0n) is 17.8. The van der Waals surface area contributed by atoms with Gasteiger partial charge in [-0.3, -0.25) is 4.98 Å². The van der Waals surface area contributed by atoms with E-state index in [-0.39, 0.29) is 11.3 Å². The highest BCUT2D eigenvalue weighted by Gasteiger charge is 2.15. The monoisotopic (exact) mass is 464 g/mol. The summed E-state index contributed by atoms with van der Waals surface area (Å²) >= 11 is 6.00. The number of hydrogen-bond donors (Lipinski definition) is 2. The number of pyridine rings is 2. The highest BCUT2D eigenvalue weighted by Crippen LogP contribution is 2.24. The van der Waals surface area contributed by atoms with Crippen molar-refractivity contribution < 1.29 is 14.3 Å². The molecular formula is C23H21ClN6O3. The second-order valence-corrected chi connectivity index (χ2v) is 7.52. The predicted octanol–water partition coefficient (Wildman–Crippen LogP) is 4.15. The van der Waals surface area contributed by atoms with Crippen LogP contribution < -0.4 is 10.6 Å². The number of nitrogens with zero attached hydrogens (tertiary/aromatic N) is 4. The third-order valence-corrected chi connectivity index (χ3v) is 5.16. The molecule has 0 radical (unpaired) electrons. The number of esters is 1. The predicted molar refractivity (Wildman–Crippen MR) is 125 cm³/mol. The van der Waals surface area contributed by atoms with E-state index in [0.29, 0.717) is 24.5 Å². The van der Waals surface area contributed by atoms with Crippen molar-refractivity contribution in [1.82, 2.24) is 24.8 Å². The first-order valence-corrected chi connectivity index (χ1v) is 10.6. The van der Waals surface area contributed by atoms with Crippen LogP contribution in [0.25, 0.3) is 22.6 Å². The maximum absolute atomic E-state index is 12.4. The van der Waals surface area contributed by atoms with Crippen molar-refractivity contribution in [3.05, 3.63) is 71.6 Å². The molecule has 168 valence electrons. The van der Waals surface area contributed by atoms with E-state index < -0.39 is 12.0 Å². The zero-order valence-corrected chi connectivity index (χ0v) is 18.5. The van der Waals surface area contributed by atoms with E-state index in [4.69, 9.17) is 21.3 Å². The highest BCUT2D eigenvalue weighted by molar-refractivity contribution is 6.31. The Hall–Kier alpha value is -3.98. The van der Waals surface area contributed by atoms with Gasteiger partial charge in [0, 0.05) is 42.3 Å². The van der Waals surface area contributed by atoms with E-state index in [2.05, 4.69) is 20.6 Å². The van der Waals surface area contributed by atoms with Gasteiger partial charge in [-0.2, -0.15) is 0 Å². The van der Waals surface area contributed by atoms with Crippen LogP contribution in [0.2, 0.25) is 5.02 Å². The number of imidazole rings is 1. The van der Waals surface area contributed by atoms with Crippen molar-refractivity contribution in [2.75, 3.05) is 19.0 Å². The minimum Gasteiger partial charge on any atom is -0.465 e. The molecule has 0 saturated carbocycles. The first-order chi connectivity index (χ1) is 16.1. The van der Waals surface area contributed by atoms with Crippen molar-refractivity contribution in [2.45, 2.75) is 13.0 Å². The van der Waals surface area contributed by atoms with Gasteiger partial charge in [-0.25, -0.2) is 19.6 Å². The molecule has 2 N–H and O–H groups in total. The maximum atomic E-state index is 12.4. The number of rotatable bonds is 7. The highest BCUT2D eigenvalue weighted by atomic mass is 35.5. The van der Waals surface area contributed by atoms with E-state index in [1.807, 2.05) is 28.8 Å². The lowest BCUT2D eigenvalue weighted by Gasteiger charge is -2.12. The van der Waals surface area contributed by atoms with Gasteiger partial charge in [0.25, 0.3) is 0 Å². The number of carbonyl (C=O) groups is 2. The number of nitrogens with one attached hydrogen (secondary N) is 2. The molecule has 0 aliphatic heterocycles. The fraction of sp³-hybridized carbons (Fsp3) is 0.174. The molecule has 3 aromatic heterocycles. The largest absolute Gasteiger partial charge is 0.465 e. The zero-order chi connectivity index (χ0) is 23.2. The van der Waals surface area contributed by atoms with Crippen molar-refractivity contribution in [2.24, 2.45) is 0 Å². The standard InChI is InChI=1S/C23H21ClN6O3/c1-33-22(31)17-6-5-16(24)14-19(17)29-23(32)27-10-3-13-30-20(15-7-11-25-12-8-15)28-18-4-2-9-26-21(18)30/h2,4-9,11-12,14H,3,10,13H2,1H3,(H2,27,29,32). The Labute approximate surface area is 194 Å². The van der Waals surface area contributed by atoms with E-state index in [1.54, 1.807) is 24.7 Å². The van der Waals surface area contributed by atoms with Crippen LogP contribution in [0.1, 0.15) is 16.8 Å². The summed E-state index contributed by atoms with van der Waals surface area (Å²) in [5, 5.41) is 5.84. The fourth-order valence-electron chi connectivity index (χ4n) is 3.41. The number of aryl methyl sites for hydroxylation is 1. The molecule has 0 unspecified atom stereocenters. The van der Waals surface area contributed by atoms with E-state index >= 15 is 0 Å². The normalized spacial score (nSPS) is 10.7. The van der Waals surface area contributed by atoms with Crippen LogP contribution in [0, 0.1) is 0 Å². The summed E-state index contributed by atoms with van der Waals surface area (Å²) in [7, 11) is 1.27. The van der Waals surface area contributed by atoms with Crippen LogP contribution >= 0.6 is 11.6 Å². The van der Waals surface area contributed by atoms with Crippen LogP contribution in [0.3, 0.4) is 0 Å². The topological polar surface area (TPSA) is 111 Å². The average molecular weight is 465 g/mol. The first kappa shape index (κ1) is 22.2. The Morgan fingerprint density at radius 2 is 1.94 bits per heavy atom. The summed E-state index contributed by atoms with van der Waals surface area (Å²) in [6, 6.07) is 11.7. The van der Waals surface area contributed by atoms with Gasteiger partial charge in [-0.15, -0.1) is 0 Å². The van der Waals surface area contributed by atoms with Crippen LogP contribution in [-0.4, -0.2) is 45.2 Å². The molecule has 0 atom stereocenters. The molecule has 4 rings (SSSR count). The van der Waals surface area contributed by atoms with E-state index in [1.165, 1.54) is 19.2 Å². The van der Waals surface area contributed by atoms with Crippen molar-refractivity contribution in [3.63, 3.8) is 0 Å². The van der Waals surface area contributed by atoms with E-state index in [9.17, 15) is 9.59 Å². The Kier molecular flexibility index (Phi) is 6.80. The maximum Gasteiger partial charge on any atom is 0.339 e. The van der Waals surface area contributed by atoms with Gasteiger partial charge in [0.1, 0.15) is 11.3 Å². The Morgan fingerprint density at radius 3 is 2.73 bits per heavy atom. The molecule has 1 aromatic carbocycles. The molecule has 0 spiro atoms. The number of anilines is 1. The van der Waals surface area contributed by atoms with Crippen molar-refractivity contribution >= 4 is 40.5 Å². The molecule has 0 fully saturated rings. The number of benzene rings is 1. The number of carbonyl (C=O) groups excluding carboxylic acids is 2. The van der Waals surface area contributed by atoms with Gasteiger partial charge in [0.2, 0.25) is 0 Å². The quantitative estimate of drug-likeness (QED) is 0.314. The van der Waals surface area contributed by atoms with Crippen molar-refractivity contribution in [1.29, 1.82) is 0 Å². The Balaban J connectivity index is 1.42. The van der Waals surface area contributed by atoms with Crippen LogP contribution in [0.4, 0.5) is 10.5 Å². The molecule has 0 bridgehead atoms. The molecule has 0 saturated heterocycles. The molecule has 3 heterocycles. The minimum atomic E-state index is -0.565. The molecule has 2 amide bonds. The van der Waals surface area contributed by atoms with Crippen LogP contribution in [0.15, 0.2) is 61.1 Å². The molecule has 9 nitrogen and oxygen atoms in total. The summed E-state index contributed by atoms with van der Waals surface area (Å²) < 4.78 is 6.77. The average Bonchev–Trinajstić information content (AvgIpc) is 3.20. The number of aromatic nitrogens is 4.